The zero-order valence-electron chi connectivity index (χ0n) is 28.1. The maximum absolute atomic E-state index is 11.8. The van der Waals surface area contributed by atoms with Gasteiger partial charge in [0.15, 0.2) is 0 Å². The molecule has 0 bridgehead atoms. The summed E-state index contributed by atoms with van der Waals surface area (Å²) in [5.41, 5.74) is 2.02. The van der Waals surface area contributed by atoms with Crippen LogP contribution in [0.1, 0.15) is 127 Å². The van der Waals surface area contributed by atoms with E-state index < -0.39 is 0 Å². The topological polar surface area (TPSA) is 52.6 Å². The monoisotopic (exact) mass is 666 g/mol. The largest absolute Gasteiger partial charge is 0.463 e. The fourth-order valence-corrected chi connectivity index (χ4v) is 7.31. The molecule has 0 saturated carbocycles. The number of hydrogen-bond acceptors (Lipinski definition) is 6. The quantitative estimate of drug-likeness (QED) is 0.0373. The number of carbonyl (C=O) groups excluding carboxylic acids is 2. The molecule has 0 spiro atoms. The van der Waals surface area contributed by atoms with Crippen molar-refractivity contribution in [3.05, 3.63) is 83.9 Å². The molecule has 254 valence electrons. The molecule has 0 atom stereocenters. The molecule has 2 rings (SSSR count). The molecule has 46 heavy (non-hydrogen) atoms. The van der Waals surface area contributed by atoms with E-state index in [1.54, 1.807) is 12.2 Å². The number of benzene rings is 2. The lowest BCUT2D eigenvalue weighted by molar-refractivity contribution is -0.138. The molecule has 0 unspecified atom stereocenters. The van der Waals surface area contributed by atoms with Crippen LogP contribution in [0.15, 0.2) is 72.8 Å². The zero-order chi connectivity index (χ0) is 32.6. The Bertz CT molecular complexity index is 970. The molecule has 0 aromatic heterocycles. The van der Waals surface area contributed by atoms with Crippen molar-refractivity contribution in [3.8, 4) is 0 Å². The van der Waals surface area contributed by atoms with Crippen molar-refractivity contribution in [1.82, 2.24) is 0 Å². The van der Waals surface area contributed by atoms with Crippen LogP contribution in [0.4, 0.5) is 0 Å². The van der Waals surface area contributed by atoms with Gasteiger partial charge in [0.1, 0.15) is 0 Å². The number of carbonyl (C=O) groups is 2. The molecule has 0 aliphatic carbocycles. The first kappa shape index (κ1) is 39.7. The molecule has 2 aromatic carbocycles. The second kappa shape index (κ2) is 29.9. The lowest BCUT2D eigenvalue weighted by Crippen LogP contribution is -2.02. The average molecular weight is 667 g/mol. The van der Waals surface area contributed by atoms with Crippen LogP contribution in [-0.2, 0) is 19.1 Å². The lowest BCUT2D eigenvalue weighted by atomic mass is 10.1. The Morgan fingerprint density at radius 3 is 1.09 bits per heavy atom. The van der Waals surface area contributed by atoms with E-state index in [2.05, 4.69) is 21.6 Å². The van der Waals surface area contributed by atoms with Crippen LogP contribution < -0.4 is 0 Å². The van der Waals surface area contributed by atoms with Gasteiger partial charge >= 0.3 is 11.9 Å². The minimum absolute atomic E-state index is 0.252. The normalized spacial score (nSPS) is 11.4. The minimum Gasteiger partial charge on any atom is -0.463 e. The van der Waals surface area contributed by atoms with Crippen molar-refractivity contribution in [3.63, 3.8) is 0 Å². The van der Waals surface area contributed by atoms with E-state index in [1.165, 1.54) is 114 Å². The van der Waals surface area contributed by atoms with Crippen molar-refractivity contribution >= 4 is 45.7 Å². The van der Waals surface area contributed by atoms with Crippen LogP contribution in [0.3, 0.4) is 0 Å². The first-order valence-electron chi connectivity index (χ1n) is 17.8. The van der Waals surface area contributed by atoms with Crippen molar-refractivity contribution in [2.45, 2.75) is 116 Å². The Morgan fingerprint density at radius 1 is 0.435 bits per heavy atom. The molecule has 0 aliphatic rings. The average Bonchev–Trinajstić information content (AvgIpc) is 3.09. The van der Waals surface area contributed by atoms with Gasteiger partial charge in [0.2, 0.25) is 0 Å². The highest BCUT2D eigenvalue weighted by Gasteiger charge is 2.00. The van der Waals surface area contributed by atoms with E-state index in [1.807, 2.05) is 60.7 Å². The third kappa shape index (κ3) is 24.7. The van der Waals surface area contributed by atoms with Gasteiger partial charge in [0.25, 0.3) is 0 Å². The summed E-state index contributed by atoms with van der Waals surface area (Å²) in [6, 6.07) is 19.6. The Kier molecular flexibility index (Phi) is 25.9. The predicted octanol–water partition coefficient (Wildman–Crippen LogP) is 11.9. The number of hydrogen-bond donors (Lipinski definition) is 0. The SMILES string of the molecule is O=C(/C=C/c1ccccc1)OCCCCCCCCCCCSSCCCCCCCCCCCOC(=O)/C=C/c1ccccc1. The van der Waals surface area contributed by atoms with E-state index in [0.29, 0.717) is 13.2 Å². The molecular formula is C40H58O4S2. The molecule has 0 fully saturated rings. The minimum atomic E-state index is -0.252. The van der Waals surface area contributed by atoms with Crippen LogP contribution in [0, 0.1) is 0 Å². The van der Waals surface area contributed by atoms with Gasteiger partial charge < -0.3 is 9.47 Å². The summed E-state index contributed by atoms with van der Waals surface area (Å²) in [5, 5.41) is 0. The third-order valence-corrected chi connectivity index (χ3v) is 10.3. The Balaban J connectivity index is 1.20. The van der Waals surface area contributed by atoms with Crippen molar-refractivity contribution in [1.29, 1.82) is 0 Å². The van der Waals surface area contributed by atoms with Crippen LogP contribution in [-0.4, -0.2) is 36.7 Å². The predicted molar refractivity (Wildman–Crippen MR) is 201 cm³/mol. The molecule has 0 heterocycles. The maximum Gasteiger partial charge on any atom is 0.330 e. The van der Waals surface area contributed by atoms with Crippen molar-refractivity contribution < 1.29 is 19.1 Å². The number of esters is 2. The summed E-state index contributed by atoms with van der Waals surface area (Å²) in [6.07, 6.45) is 29.3. The van der Waals surface area contributed by atoms with Crippen LogP contribution in [0.25, 0.3) is 12.2 Å². The molecule has 6 heteroatoms. The standard InChI is InChI=1S/C40H58O4S2/c41-39(31-29-37-25-17-15-18-26-37)43-33-21-11-7-3-1-5-9-13-23-35-45-46-36-24-14-10-6-2-4-8-12-22-34-44-40(42)32-30-38-27-19-16-20-28-38/h15-20,25-32H,1-14,21-24,33-36H2/b31-29+,32-30+. The molecule has 0 radical (unpaired) electrons. The third-order valence-electron chi connectivity index (χ3n) is 7.74. The van der Waals surface area contributed by atoms with E-state index in [0.717, 1.165) is 36.8 Å². The zero-order valence-corrected chi connectivity index (χ0v) is 29.7. The number of ether oxygens (including phenoxy) is 2. The molecule has 0 aliphatic heterocycles. The van der Waals surface area contributed by atoms with E-state index in [4.69, 9.17) is 9.47 Å². The van der Waals surface area contributed by atoms with Gasteiger partial charge in [-0.3, -0.25) is 0 Å². The lowest BCUT2D eigenvalue weighted by Gasteiger charge is -2.04. The van der Waals surface area contributed by atoms with Gasteiger partial charge in [-0.1, -0.05) is 172 Å². The van der Waals surface area contributed by atoms with Gasteiger partial charge in [-0.25, -0.2) is 9.59 Å². The highest BCUT2D eigenvalue weighted by atomic mass is 33.1. The highest BCUT2D eigenvalue weighted by Crippen LogP contribution is 2.25. The van der Waals surface area contributed by atoms with Crippen LogP contribution >= 0.6 is 21.6 Å². The van der Waals surface area contributed by atoms with Gasteiger partial charge in [-0.05, 0) is 49.0 Å². The smallest absolute Gasteiger partial charge is 0.330 e. The highest BCUT2D eigenvalue weighted by molar-refractivity contribution is 8.76. The summed E-state index contributed by atoms with van der Waals surface area (Å²) >= 11 is 0. The molecule has 0 amide bonds. The Hall–Kier alpha value is -2.44. The van der Waals surface area contributed by atoms with E-state index in [9.17, 15) is 9.59 Å². The van der Waals surface area contributed by atoms with Crippen molar-refractivity contribution in [2.75, 3.05) is 24.7 Å². The van der Waals surface area contributed by atoms with Crippen LogP contribution in [0.5, 0.6) is 0 Å². The Morgan fingerprint density at radius 2 is 0.739 bits per heavy atom. The summed E-state index contributed by atoms with van der Waals surface area (Å²) in [7, 11) is 4.13. The van der Waals surface area contributed by atoms with Gasteiger partial charge in [0, 0.05) is 23.7 Å². The Labute approximate surface area is 288 Å². The molecular weight excluding hydrogens is 609 g/mol. The van der Waals surface area contributed by atoms with Gasteiger partial charge in [0.05, 0.1) is 13.2 Å². The second-order valence-electron chi connectivity index (χ2n) is 11.8. The first-order chi connectivity index (χ1) is 22.7. The first-order valence-corrected chi connectivity index (χ1v) is 20.3. The fraction of sp³-hybridized carbons (Fsp3) is 0.550. The van der Waals surface area contributed by atoms with E-state index in [-0.39, 0.29) is 11.9 Å². The van der Waals surface area contributed by atoms with E-state index >= 15 is 0 Å². The number of rotatable bonds is 29. The number of unbranched alkanes of at least 4 members (excludes halogenated alkanes) is 16. The van der Waals surface area contributed by atoms with Gasteiger partial charge in [-0.2, -0.15) is 0 Å². The van der Waals surface area contributed by atoms with Crippen molar-refractivity contribution in [2.24, 2.45) is 0 Å². The molecule has 0 saturated heterocycles. The van der Waals surface area contributed by atoms with Crippen LogP contribution in [0.2, 0.25) is 0 Å². The molecule has 2 aromatic rings. The summed E-state index contributed by atoms with van der Waals surface area (Å²) < 4.78 is 10.6. The van der Waals surface area contributed by atoms with Gasteiger partial charge in [-0.15, -0.1) is 0 Å². The molecule has 4 nitrogen and oxygen atoms in total. The second-order valence-corrected chi connectivity index (χ2v) is 14.5. The summed E-state index contributed by atoms with van der Waals surface area (Å²) in [4.78, 5) is 23.5. The maximum atomic E-state index is 11.8. The summed E-state index contributed by atoms with van der Waals surface area (Å²) in [6.45, 7) is 1.04. The summed E-state index contributed by atoms with van der Waals surface area (Å²) in [5.74, 6) is 2.07. The molecule has 0 N–H and O–H groups in total. The fourth-order valence-electron chi connectivity index (χ4n) is 5.02.